The van der Waals surface area contributed by atoms with Gasteiger partial charge in [-0.3, -0.25) is 4.90 Å². The molecule has 2 nitrogen and oxygen atoms in total. The Morgan fingerprint density at radius 3 is 1.92 bits per heavy atom. The van der Waals surface area contributed by atoms with Crippen molar-refractivity contribution in [2.75, 3.05) is 33.7 Å². The summed E-state index contributed by atoms with van der Waals surface area (Å²) >= 11 is 0. The van der Waals surface area contributed by atoms with Crippen molar-refractivity contribution in [2.24, 2.45) is 0 Å². The molecular weight excluding hydrogens is 148 g/mol. The summed E-state index contributed by atoms with van der Waals surface area (Å²) < 4.78 is 0. The summed E-state index contributed by atoms with van der Waals surface area (Å²) in [6.45, 7) is 11.8. The van der Waals surface area contributed by atoms with E-state index in [2.05, 4.69) is 44.7 Å². The van der Waals surface area contributed by atoms with Crippen LogP contribution in [0.25, 0.3) is 0 Å². The Balaban J connectivity index is 3.92. The van der Waals surface area contributed by atoms with E-state index >= 15 is 0 Å². The van der Waals surface area contributed by atoms with Crippen molar-refractivity contribution in [1.82, 2.24) is 9.80 Å². The predicted octanol–water partition coefficient (Wildman–Crippen LogP) is 1.48. The first kappa shape index (κ1) is 11.9. The molecule has 0 rings (SSSR count). The third-order valence-corrected chi connectivity index (χ3v) is 2.24. The standard InChI is InChI=1S/C10H23N2/c1-6-10(9-11(4)5)12(7-2)8-3/h10H,1,6-9H2,2-5H3. The lowest BCUT2D eigenvalue weighted by atomic mass is 10.2. The lowest BCUT2D eigenvalue weighted by Gasteiger charge is -2.30. The summed E-state index contributed by atoms with van der Waals surface area (Å²) in [4.78, 5) is 4.70. The van der Waals surface area contributed by atoms with Crippen molar-refractivity contribution in [3.8, 4) is 0 Å². The average molecular weight is 171 g/mol. The van der Waals surface area contributed by atoms with Gasteiger partial charge >= 0.3 is 0 Å². The van der Waals surface area contributed by atoms with Crippen molar-refractivity contribution in [3.63, 3.8) is 0 Å². The smallest absolute Gasteiger partial charge is 0.0222 e. The van der Waals surface area contributed by atoms with Crippen LogP contribution in [0.15, 0.2) is 0 Å². The van der Waals surface area contributed by atoms with Gasteiger partial charge in [0.1, 0.15) is 0 Å². The fraction of sp³-hybridized carbons (Fsp3) is 0.900. The molecule has 0 spiro atoms. The number of likely N-dealkylation sites (N-methyl/N-ethyl adjacent to an activating group) is 2. The molecule has 0 aliphatic rings. The monoisotopic (exact) mass is 171 g/mol. The highest BCUT2D eigenvalue weighted by molar-refractivity contribution is 4.73. The maximum atomic E-state index is 3.99. The van der Waals surface area contributed by atoms with E-state index in [1.807, 2.05) is 0 Å². The van der Waals surface area contributed by atoms with E-state index in [0.29, 0.717) is 6.04 Å². The van der Waals surface area contributed by atoms with E-state index < -0.39 is 0 Å². The van der Waals surface area contributed by atoms with Gasteiger partial charge in [0.05, 0.1) is 0 Å². The molecule has 0 saturated heterocycles. The van der Waals surface area contributed by atoms with Gasteiger partial charge in [-0.2, -0.15) is 0 Å². The Morgan fingerprint density at radius 2 is 1.67 bits per heavy atom. The molecular formula is C10H23N2. The predicted molar refractivity (Wildman–Crippen MR) is 55.2 cm³/mol. The van der Waals surface area contributed by atoms with Crippen LogP contribution in [0.3, 0.4) is 0 Å². The number of rotatable bonds is 6. The fourth-order valence-corrected chi connectivity index (χ4v) is 1.55. The summed E-state index contributed by atoms with van der Waals surface area (Å²) in [7, 11) is 4.23. The van der Waals surface area contributed by atoms with Crippen molar-refractivity contribution in [1.29, 1.82) is 0 Å². The molecule has 1 unspecified atom stereocenters. The highest BCUT2D eigenvalue weighted by Gasteiger charge is 2.13. The molecule has 0 bridgehead atoms. The van der Waals surface area contributed by atoms with Gasteiger partial charge in [0.25, 0.3) is 0 Å². The molecule has 1 atom stereocenters. The first-order valence-electron chi connectivity index (χ1n) is 4.83. The second kappa shape index (κ2) is 6.44. The Morgan fingerprint density at radius 1 is 1.17 bits per heavy atom. The van der Waals surface area contributed by atoms with Crippen molar-refractivity contribution < 1.29 is 0 Å². The summed E-state index contributed by atoms with van der Waals surface area (Å²) in [6, 6.07) is 0.620. The molecule has 73 valence electrons. The highest BCUT2D eigenvalue weighted by Crippen LogP contribution is 2.03. The minimum absolute atomic E-state index is 0.620. The van der Waals surface area contributed by atoms with E-state index in [-0.39, 0.29) is 0 Å². The molecule has 1 radical (unpaired) electrons. The second-order valence-corrected chi connectivity index (χ2v) is 3.43. The normalized spacial score (nSPS) is 14.2. The molecule has 0 N–H and O–H groups in total. The SMILES string of the molecule is [CH2]CC(CN(C)C)N(CC)CC. The first-order valence-corrected chi connectivity index (χ1v) is 4.83. The topological polar surface area (TPSA) is 6.48 Å². The summed E-state index contributed by atoms with van der Waals surface area (Å²) in [5.41, 5.74) is 0. The van der Waals surface area contributed by atoms with Crippen molar-refractivity contribution >= 4 is 0 Å². The van der Waals surface area contributed by atoms with E-state index in [1.165, 1.54) is 0 Å². The third-order valence-electron chi connectivity index (χ3n) is 2.24. The zero-order chi connectivity index (χ0) is 9.56. The van der Waals surface area contributed by atoms with Gasteiger partial charge in [0.15, 0.2) is 0 Å². The zero-order valence-corrected chi connectivity index (χ0v) is 9.01. The Hall–Kier alpha value is -0.0800. The molecule has 0 aromatic rings. The van der Waals surface area contributed by atoms with Gasteiger partial charge in [0.2, 0.25) is 0 Å². The summed E-state index contributed by atoms with van der Waals surface area (Å²) in [5.74, 6) is 0. The molecule has 0 heterocycles. The molecule has 0 aromatic carbocycles. The molecule has 12 heavy (non-hydrogen) atoms. The Bertz CT molecular complexity index is 98.0. The second-order valence-electron chi connectivity index (χ2n) is 3.43. The van der Waals surface area contributed by atoms with Crippen LogP contribution in [0, 0.1) is 6.92 Å². The molecule has 0 aliphatic carbocycles. The van der Waals surface area contributed by atoms with E-state index in [0.717, 1.165) is 26.1 Å². The summed E-state index contributed by atoms with van der Waals surface area (Å²) in [5, 5.41) is 0. The summed E-state index contributed by atoms with van der Waals surface area (Å²) in [6.07, 6.45) is 1.000. The van der Waals surface area contributed by atoms with Gasteiger partial charge in [-0.25, -0.2) is 0 Å². The molecule has 0 saturated carbocycles. The van der Waals surface area contributed by atoms with E-state index in [9.17, 15) is 0 Å². The van der Waals surface area contributed by atoms with Gasteiger partial charge in [-0.05, 0) is 33.6 Å². The minimum atomic E-state index is 0.620. The number of hydrogen-bond acceptors (Lipinski definition) is 2. The molecule has 0 aliphatic heterocycles. The quantitative estimate of drug-likeness (QED) is 0.597. The van der Waals surface area contributed by atoms with Crippen LogP contribution >= 0.6 is 0 Å². The Labute approximate surface area is 77.5 Å². The molecule has 0 aromatic heterocycles. The fourth-order valence-electron chi connectivity index (χ4n) is 1.55. The lowest BCUT2D eigenvalue weighted by Crippen LogP contribution is -2.41. The average Bonchev–Trinajstić information content (AvgIpc) is 2.04. The van der Waals surface area contributed by atoms with Gasteiger partial charge in [-0.1, -0.05) is 20.8 Å². The number of hydrogen-bond donors (Lipinski definition) is 0. The molecule has 0 amide bonds. The third kappa shape index (κ3) is 4.07. The van der Waals surface area contributed by atoms with Crippen molar-refractivity contribution in [2.45, 2.75) is 26.3 Å². The van der Waals surface area contributed by atoms with Gasteiger partial charge < -0.3 is 4.90 Å². The van der Waals surface area contributed by atoms with Crippen LogP contribution < -0.4 is 0 Å². The van der Waals surface area contributed by atoms with Gasteiger partial charge in [0, 0.05) is 12.6 Å². The van der Waals surface area contributed by atoms with E-state index in [1.54, 1.807) is 0 Å². The first-order chi connectivity index (χ1) is 5.65. The van der Waals surface area contributed by atoms with Gasteiger partial charge in [-0.15, -0.1) is 0 Å². The maximum Gasteiger partial charge on any atom is 0.0222 e. The van der Waals surface area contributed by atoms with Crippen LogP contribution in [-0.4, -0.2) is 49.6 Å². The largest absolute Gasteiger partial charge is 0.308 e. The van der Waals surface area contributed by atoms with Crippen LogP contribution in [0.4, 0.5) is 0 Å². The van der Waals surface area contributed by atoms with Crippen LogP contribution in [0.2, 0.25) is 0 Å². The lowest BCUT2D eigenvalue weighted by molar-refractivity contribution is 0.177. The van der Waals surface area contributed by atoms with E-state index in [4.69, 9.17) is 0 Å². The number of nitrogens with zero attached hydrogens (tertiary/aromatic N) is 2. The minimum Gasteiger partial charge on any atom is -0.308 e. The zero-order valence-electron chi connectivity index (χ0n) is 9.01. The highest BCUT2D eigenvalue weighted by atomic mass is 15.2. The van der Waals surface area contributed by atoms with Crippen LogP contribution in [-0.2, 0) is 0 Å². The molecule has 2 heteroatoms. The van der Waals surface area contributed by atoms with Crippen LogP contribution in [0.5, 0.6) is 0 Å². The maximum absolute atomic E-state index is 3.99. The van der Waals surface area contributed by atoms with Crippen molar-refractivity contribution in [3.05, 3.63) is 6.92 Å². The Kier molecular flexibility index (Phi) is 6.39. The van der Waals surface area contributed by atoms with Crippen LogP contribution in [0.1, 0.15) is 20.3 Å². The molecule has 0 fully saturated rings.